The number of benzene rings is 1. The van der Waals surface area contributed by atoms with Gasteiger partial charge in [-0.15, -0.1) is 15.3 Å². The van der Waals surface area contributed by atoms with Gasteiger partial charge in [-0.2, -0.15) is 17.7 Å². The zero-order chi connectivity index (χ0) is 19.0. The lowest BCUT2D eigenvalue weighted by molar-refractivity contribution is -0.146. The Hall–Kier alpha value is -2.68. The van der Waals surface area contributed by atoms with Gasteiger partial charge in [0.05, 0.1) is 0 Å². The topological polar surface area (TPSA) is 49.6 Å². The van der Waals surface area contributed by atoms with Crippen molar-refractivity contribution >= 4 is 11.5 Å². The van der Waals surface area contributed by atoms with E-state index in [1.165, 1.54) is 17.2 Å². The molecule has 27 heavy (non-hydrogen) atoms. The lowest BCUT2D eigenvalue weighted by Gasteiger charge is -2.35. The molecule has 0 unspecified atom stereocenters. The fraction of sp³-hybridized carbons (Fsp3) is 0.389. The molecular formula is C18H19F3N6. The van der Waals surface area contributed by atoms with Crippen LogP contribution in [0.15, 0.2) is 36.4 Å². The molecule has 3 heterocycles. The highest BCUT2D eigenvalue weighted by Gasteiger charge is 2.37. The quantitative estimate of drug-likeness (QED) is 0.704. The monoisotopic (exact) mass is 376 g/mol. The molecule has 1 saturated heterocycles. The number of hydrogen-bond donors (Lipinski definition) is 0. The first kappa shape index (κ1) is 17.7. The van der Waals surface area contributed by atoms with E-state index in [0.717, 1.165) is 24.1 Å². The Balaban J connectivity index is 1.46. The van der Waals surface area contributed by atoms with E-state index in [2.05, 4.69) is 51.4 Å². The van der Waals surface area contributed by atoms with Crippen molar-refractivity contribution in [2.45, 2.75) is 19.6 Å². The molecule has 1 aromatic carbocycles. The van der Waals surface area contributed by atoms with Crippen molar-refractivity contribution < 1.29 is 13.2 Å². The molecule has 9 heteroatoms. The van der Waals surface area contributed by atoms with Crippen molar-refractivity contribution in [2.24, 2.45) is 0 Å². The fourth-order valence-corrected chi connectivity index (χ4v) is 3.33. The van der Waals surface area contributed by atoms with Gasteiger partial charge in [-0.25, -0.2) is 0 Å². The van der Waals surface area contributed by atoms with Crippen molar-refractivity contribution in [3.8, 4) is 0 Å². The highest BCUT2D eigenvalue weighted by molar-refractivity contribution is 5.46. The van der Waals surface area contributed by atoms with E-state index in [0.29, 0.717) is 18.9 Å². The molecule has 0 atom stereocenters. The van der Waals surface area contributed by atoms with E-state index < -0.39 is 12.0 Å². The second-order valence-electron chi connectivity index (χ2n) is 6.74. The minimum absolute atomic E-state index is 0.0872. The fourth-order valence-electron chi connectivity index (χ4n) is 3.33. The average Bonchev–Trinajstić information content (AvgIpc) is 3.06. The van der Waals surface area contributed by atoms with Crippen LogP contribution < -0.4 is 4.90 Å². The lowest BCUT2D eigenvalue weighted by Crippen LogP contribution is -2.46. The van der Waals surface area contributed by atoms with E-state index in [1.54, 1.807) is 6.07 Å². The smallest absolute Gasteiger partial charge is 0.353 e. The Morgan fingerprint density at radius 2 is 1.78 bits per heavy atom. The number of piperazine rings is 1. The zero-order valence-electron chi connectivity index (χ0n) is 14.8. The van der Waals surface area contributed by atoms with Crippen LogP contribution in [0.3, 0.4) is 0 Å². The van der Waals surface area contributed by atoms with Gasteiger partial charge in [-0.05, 0) is 24.6 Å². The molecule has 0 saturated carbocycles. The van der Waals surface area contributed by atoms with Crippen LogP contribution in [0.2, 0.25) is 0 Å². The van der Waals surface area contributed by atoms with Crippen LogP contribution in [0.1, 0.15) is 17.0 Å². The summed E-state index contributed by atoms with van der Waals surface area (Å²) in [4.78, 5) is 4.33. The molecule has 142 valence electrons. The van der Waals surface area contributed by atoms with Gasteiger partial charge >= 0.3 is 6.18 Å². The molecule has 0 bridgehead atoms. The summed E-state index contributed by atoms with van der Waals surface area (Å²) in [5.74, 6) is -0.597. The number of rotatable bonds is 3. The standard InChI is InChI=1S/C18H19F3N6/c1-13-3-2-4-14(11-13)12-25-7-9-26(10-8-25)16-6-5-15-22-23-17(18(19,20)21)27(15)24-16/h2-6,11H,7-10,12H2,1H3. The minimum atomic E-state index is -4.59. The molecule has 0 aliphatic carbocycles. The predicted octanol–water partition coefficient (Wildman–Crippen LogP) is 2.77. The normalized spacial score (nSPS) is 16.2. The Bertz CT molecular complexity index is 944. The van der Waals surface area contributed by atoms with Crippen molar-refractivity contribution in [3.63, 3.8) is 0 Å². The van der Waals surface area contributed by atoms with Crippen molar-refractivity contribution in [1.29, 1.82) is 0 Å². The first-order chi connectivity index (χ1) is 12.9. The molecular weight excluding hydrogens is 357 g/mol. The van der Waals surface area contributed by atoms with E-state index in [9.17, 15) is 13.2 Å². The Kier molecular flexibility index (Phi) is 4.47. The van der Waals surface area contributed by atoms with Crippen molar-refractivity contribution in [3.05, 3.63) is 53.3 Å². The summed E-state index contributed by atoms with van der Waals surface area (Å²) < 4.78 is 39.9. The first-order valence-corrected chi connectivity index (χ1v) is 8.73. The maximum atomic E-state index is 13.0. The average molecular weight is 376 g/mol. The van der Waals surface area contributed by atoms with Gasteiger partial charge in [0.1, 0.15) is 5.82 Å². The third kappa shape index (κ3) is 3.73. The Morgan fingerprint density at radius 3 is 2.48 bits per heavy atom. The highest BCUT2D eigenvalue weighted by atomic mass is 19.4. The number of aryl methyl sites for hydroxylation is 1. The van der Waals surface area contributed by atoms with Crippen molar-refractivity contribution in [1.82, 2.24) is 24.7 Å². The van der Waals surface area contributed by atoms with Crippen LogP contribution in [0.5, 0.6) is 0 Å². The second-order valence-corrected chi connectivity index (χ2v) is 6.74. The van der Waals surface area contributed by atoms with Crippen LogP contribution in [-0.2, 0) is 12.7 Å². The maximum Gasteiger partial charge on any atom is 0.453 e. The molecule has 1 aliphatic rings. The van der Waals surface area contributed by atoms with E-state index in [4.69, 9.17) is 0 Å². The van der Waals surface area contributed by atoms with E-state index in [1.807, 2.05) is 4.90 Å². The van der Waals surface area contributed by atoms with Crippen LogP contribution in [-0.4, -0.2) is 50.9 Å². The highest BCUT2D eigenvalue weighted by Crippen LogP contribution is 2.28. The summed E-state index contributed by atoms with van der Waals surface area (Å²) in [5, 5.41) is 10.9. The van der Waals surface area contributed by atoms with Gasteiger partial charge in [0, 0.05) is 32.7 Å². The molecule has 3 aromatic rings. The van der Waals surface area contributed by atoms with Crippen LogP contribution in [0.25, 0.3) is 5.65 Å². The molecule has 0 N–H and O–H groups in total. The number of nitrogens with zero attached hydrogens (tertiary/aromatic N) is 6. The summed E-state index contributed by atoms with van der Waals surface area (Å²) in [7, 11) is 0. The summed E-state index contributed by atoms with van der Waals surface area (Å²) in [5.41, 5.74) is 2.59. The predicted molar refractivity (Wildman–Crippen MR) is 94.5 cm³/mol. The van der Waals surface area contributed by atoms with E-state index in [-0.39, 0.29) is 5.65 Å². The third-order valence-electron chi connectivity index (χ3n) is 4.69. The molecule has 2 aromatic heterocycles. The Morgan fingerprint density at radius 1 is 1.00 bits per heavy atom. The molecule has 0 spiro atoms. The first-order valence-electron chi connectivity index (χ1n) is 8.73. The largest absolute Gasteiger partial charge is 0.453 e. The number of hydrogen-bond acceptors (Lipinski definition) is 5. The number of anilines is 1. The van der Waals surface area contributed by atoms with E-state index >= 15 is 0 Å². The third-order valence-corrected chi connectivity index (χ3v) is 4.69. The number of alkyl halides is 3. The lowest BCUT2D eigenvalue weighted by atomic mass is 10.1. The zero-order valence-corrected chi connectivity index (χ0v) is 14.8. The maximum absolute atomic E-state index is 13.0. The second kappa shape index (κ2) is 6.80. The molecule has 4 rings (SSSR count). The van der Waals surface area contributed by atoms with Gasteiger partial charge < -0.3 is 4.90 Å². The van der Waals surface area contributed by atoms with Gasteiger partial charge in [-0.1, -0.05) is 29.8 Å². The molecule has 0 amide bonds. The molecule has 1 aliphatic heterocycles. The summed E-state index contributed by atoms with van der Waals surface area (Å²) in [6, 6.07) is 11.6. The van der Waals surface area contributed by atoms with Crippen LogP contribution in [0, 0.1) is 6.92 Å². The molecule has 6 nitrogen and oxygen atoms in total. The van der Waals surface area contributed by atoms with Gasteiger partial charge in [0.15, 0.2) is 5.65 Å². The van der Waals surface area contributed by atoms with Crippen molar-refractivity contribution in [2.75, 3.05) is 31.1 Å². The minimum Gasteiger partial charge on any atom is -0.353 e. The SMILES string of the molecule is Cc1cccc(CN2CCN(c3ccc4nnc(C(F)(F)F)n4n3)CC2)c1. The van der Waals surface area contributed by atoms with Crippen LogP contribution in [0.4, 0.5) is 19.0 Å². The summed E-state index contributed by atoms with van der Waals surface area (Å²) in [6.45, 7) is 5.99. The number of fused-ring (bicyclic) bond motifs is 1. The van der Waals surface area contributed by atoms with Gasteiger partial charge in [0.2, 0.25) is 0 Å². The summed E-state index contributed by atoms with van der Waals surface area (Å²) in [6.07, 6.45) is -4.59. The van der Waals surface area contributed by atoms with Crippen LogP contribution >= 0.6 is 0 Å². The van der Waals surface area contributed by atoms with Gasteiger partial charge in [0.25, 0.3) is 5.82 Å². The number of aromatic nitrogens is 4. The summed E-state index contributed by atoms with van der Waals surface area (Å²) >= 11 is 0. The Labute approximate surface area is 154 Å². The van der Waals surface area contributed by atoms with Gasteiger partial charge in [-0.3, -0.25) is 4.90 Å². The molecule has 0 radical (unpaired) electrons. The molecule has 1 fully saturated rings. The number of halogens is 3.